The van der Waals surface area contributed by atoms with Gasteiger partial charge in [0.05, 0.1) is 12.2 Å². The highest BCUT2D eigenvalue weighted by atomic mass is 19.3. The van der Waals surface area contributed by atoms with Crippen LogP contribution < -0.4 is 0 Å². The maximum absolute atomic E-state index is 13.5. The summed E-state index contributed by atoms with van der Waals surface area (Å²) in [5, 5.41) is 0. The molecular formula is C13H10F4N2O3. The molecule has 1 unspecified atom stereocenters. The highest BCUT2D eigenvalue weighted by Crippen LogP contribution is 2.28. The van der Waals surface area contributed by atoms with Crippen LogP contribution >= 0.6 is 0 Å². The second-order valence-electron chi connectivity index (χ2n) is 4.65. The topological polar surface area (TPSA) is 71.9 Å². The fourth-order valence-electron chi connectivity index (χ4n) is 1.94. The first-order valence-corrected chi connectivity index (χ1v) is 6.11. The number of carbonyl (C=O) groups excluding carboxylic acids is 1. The summed E-state index contributed by atoms with van der Waals surface area (Å²) in [5.74, 6) is -7.19. The van der Waals surface area contributed by atoms with E-state index in [1.54, 1.807) is 0 Å². The van der Waals surface area contributed by atoms with E-state index in [4.69, 9.17) is 5.53 Å². The van der Waals surface area contributed by atoms with Crippen molar-refractivity contribution in [1.82, 2.24) is 0 Å². The van der Waals surface area contributed by atoms with E-state index in [1.807, 2.05) is 0 Å². The Labute approximate surface area is 122 Å². The Balaban J connectivity index is 2.28. The predicted molar refractivity (Wildman–Crippen MR) is 64.5 cm³/mol. The molecule has 1 atom stereocenters. The number of carbonyl (C=O) groups is 1. The van der Waals surface area contributed by atoms with E-state index in [0.717, 1.165) is 13.0 Å². The molecule has 1 aromatic carbocycles. The van der Waals surface area contributed by atoms with Crippen molar-refractivity contribution in [2.75, 3.05) is 13.2 Å². The van der Waals surface area contributed by atoms with Crippen LogP contribution in [0, 0.1) is 18.6 Å². The lowest BCUT2D eigenvalue weighted by atomic mass is 10.0. The zero-order chi connectivity index (χ0) is 16.5. The van der Waals surface area contributed by atoms with Crippen LogP contribution in [0.2, 0.25) is 0 Å². The molecule has 0 radical (unpaired) electrons. The fourth-order valence-corrected chi connectivity index (χ4v) is 1.94. The van der Waals surface area contributed by atoms with Gasteiger partial charge in [0.15, 0.2) is 17.7 Å². The molecule has 1 saturated heterocycles. The van der Waals surface area contributed by atoms with Crippen molar-refractivity contribution >= 4 is 11.7 Å². The van der Waals surface area contributed by atoms with E-state index < -0.39 is 48.6 Å². The van der Waals surface area contributed by atoms with Crippen LogP contribution in [0.5, 0.6) is 0 Å². The first kappa shape index (κ1) is 16.1. The van der Waals surface area contributed by atoms with Gasteiger partial charge in [-0.05, 0) is 19.1 Å². The summed E-state index contributed by atoms with van der Waals surface area (Å²) in [4.78, 5) is 14.5. The van der Waals surface area contributed by atoms with Gasteiger partial charge in [-0.15, -0.1) is 0 Å². The lowest BCUT2D eigenvalue weighted by Gasteiger charge is -2.16. The lowest BCUT2D eigenvalue weighted by Crippen LogP contribution is -2.38. The number of nitrogens with zero attached hydrogens (tertiary/aromatic N) is 2. The highest BCUT2D eigenvalue weighted by molar-refractivity contribution is 6.41. The smallest absolute Gasteiger partial charge is 0.422 e. The average molecular weight is 318 g/mol. The number of hydrogen-bond acceptors (Lipinski definition) is 3. The van der Waals surface area contributed by atoms with Crippen molar-refractivity contribution < 1.29 is 36.6 Å². The third-order valence-corrected chi connectivity index (χ3v) is 3.17. The largest absolute Gasteiger partial charge is 0.444 e. The second-order valence-corrected chi connectivity index (χ2v) is 4.65. The molecule has 118 valence electrons. The van der Waals surface area contributed by atoms with Gasteiger partial charge < -0.3 is 15.0 Å². The summed E-state index contributed by atoms with van der Waals surface area (Å²) < 4.78 is 62.2. The van der Waals surface area contributed by atoms with Crippen LogP contribution in [0.25, 0.3) is 5.53 Å². The SMILES string of the molecule is Cc1c(C(=[N+]=[N-])C(=O)OC2COCC2(F)F)ccc(F)c1F. The maximum atomic E-state index is 13.5. The van der Waals surface area contributed by atoms with Crippen molar-refractivity contribution in [3.05, 3.63) is 40.4 Å². The minimum absolute atomic E-state index is 0.270. The number of hydrogen-bond donors (Lipinski definition) is 0. The molecule has 1 aromatic rings. The first-order valence-electron chi connectivity index (χ1n) is 6.11. The van der Waals surface area contributed by atoms with Crippen molar-refractivity contribution in [3.8, 4) is 0 Å². The van der Waals surface area contributed by atoms with Gasteiger partial charge in [-0.2, -0.15) is 13.6 Å². The summed E-state index contributed by atoms with van der Waals surface area (Å²) in [6, 6.07) is 1.69. The summed E-state index contributed by atoms with van der Waals surface area (Å²) in [5.41, 5.74) is 7.49. The van der Waals surface area contributed by atoms with Gasteiger partial charge in [0.2, 0.25) is 0 Å². The third-order valence-electron chi connectivity index (χ3n) is 3.17. The Bertz CT molecular complexity index is 671. The normalized spacial score (nSPS) is 19.6. The second kappa shape index (κ2) is 5.86. The summed E-state index contributed by atoms with van der Waals surface area (Å²) in [6.07, 6.45) is -1.85. The minimum Gasteiger partial charge on any atom is -0.444 e. The van der Waals surface area contributed by atoms with Gasteiger partial charge in [-0.3, -0.25) is 0 Å². The van der Waals surface area contributed by atoms with E-state index in [2.05, 4.69) is 14.3 Å². The number of halogens is 4. The minimum atomic E-state index is -3.38. The molecule has 1 heterocycles. The molecule has 2 rings (SSSR count). The van der Waals surface area contributed by atoms with Crippen LogP contribution in [-0.4, -0.2) is 41.7 Å². The predicted octanol–water partition coefficient (Wildman–Crippen LogP) is 1.87. The van der Waals surface area contributed by atoms with Crippen molar-refractivity contribution in [2.24, 2.45) is 0 Å². The van der Waals surface area contributed by atoms with E-state index in [9.17, 15) is 22.4 Å². The zero-order valence-electron chi connectivity index (χ0n) is 11.3. The van der Waals surface area contributed by atoms with Crippen LogP contribution in [0.3, 0.4) is 0 Å². The monoisotopic (exact) mass is 318 g/mol. The van der Waals surface area contributed by atoms with Crippen molar-refractivity contribution in [1.29, 1.82) is 0 Å². The number of benzene rings is 1. The number of rotatable bonds is 3. The van der Waals surface area contributed by atoms with Gasteiger partial charge in [-0.25, -0.2) is 13.6 Å². The number of ether oxygens (including phenoxy) is 2. The Morgan fingerprint density at radius 2 is 2.14 bits per heavy atom. The van der Waals surface area contributed by atoms with Gasteiger partial charge in [0.1, 0.15) is 6.61 Å². The quantitative estimate of drug-likeness (QED) is 0.281. The first-order chi connectivity index (χ1) is 10.3. The summed E-state index contributed by atoms with van der Waals surface area (Å²) in [6.45, 7) is -0.283. The molecule has 0 aromatic heterocycles. The maximum Gasteiger partial charge on any atom is 0.422 e. The van der Waals surface area contributed by atoms with Gasteiger partial charge in [0.25, 0.3) is 0 Å². The number of esters is 1. The van der Waals surface area contributed by atoms with Crippen LogP contribution in [0.4, 0.5) is 17.6 Å². The molecule has 22 heavy (non-hydrogen) atoms. The standard InChI is InChI=1S/C13H10F4N2O3/c1-6-7(2-3-8(14)10(6)15)11(19-18)12(20)22-9-4-21-5-13(9,16)17/h2-3,9H,4-5H2,1H3. The van der Waals surface area contributed by atoms with E-state index in [1.165, 1.54) is 0 Å². The Morgan fingerprint density at radius 3 is 2.68 bits per heavy atom. The average Bonchev–Trinajstić information content (AvgIpc) is 2.78. The van der Waals surface area contributed by atoms with Gasteiger partial charge in [-0.1, -0.05) is 0 Å². The van der Waals surface area contributed by atoms with Crippen molar-refractivity contribution in [3.63, 3.8) is 0 Å². The fraction of sp³-hybridized carbons (Fsp3) is 0.385. The van der Waals surface area contributed by atoms with Gasteiger partial charge in [0, 0.05) is 5.56 Å². The van der Waals surface area contributed by atoms with Crippen LogP contribution in [0.1, 0.15) is 11.1 Å². The molecule has 9 heteroatoms. The molecule has 0 saturated carbocycles. The highest BCUT2D eigenvalue weighted by Gasteiger charge is 2.49. The molecule has 1 aliphatic rings. The summed E-state index contributed by atoms with van der Waals surface area (Å²) >= 11 is 0. The van der Waals surface area contributed by atoms with E-state index in [0.29, 0.717) is 6.07 Å². The van der Waals surface area contributed by atoms with Crippen LogP contribution in [0.15, 0.2) is 12.1 Å². The molecule has 1 aliphatic heterocycles. The van der Waals surface area contributed by atoms with E-state index in [-0.39, 0.29) is 11.1 Å². The van der Waals surface area contributed by atoms with Crippen molar-refractivity contribution in [2.45, 2.75) is 19.0 Å². The molecule has 0 bridgehead atoms. The Morgan fingerprint density at radius 1 is 1.45 bits per heavy atom. The molecular weight excluding hydrogens is 308 g/mol. The van der Waals surface area contributed by atoms with Gasteiger partial charge >= 0.3 is 17.6 Å². The summed E-state index contributed by atoms with van der Waals surface area (Å²) in [7, 11) is 0. The van der Waals surface area contributed by atoms with E-state index >= 15 is 0 Å². The molecule has 0 amide bonds. The Hall–Kier alpha value is -2.25. The Kier molecular flexibility index (Phi) is 4.30. The molecule has 1 fully saturated rings. The number of alkyl halides is 2. The molecule has 5 nitrogen and oxygen atoms in total. The lowest BCUT2D eigenvalue weighted by molar-refractivity contribution is -0.160. The van der Waals surface area contributed by atoms with Crippen LogP contribution in [-0.2, 0) is 14.3 Å². The molecule has 0 aliphatic carbocycles. The molecule has 0 spiro atoms. The molecule has 0 N–H and O–H groups in total. The zero-order valence-corrected chi connectivity index (χ0v) is 11.3. The third kappa shape index (κ3) is 2.86.